The number of benzene rings is 2. The second kappa shape index (κ2) is 9.94. The van der Waals surface area contributed by atoms with E-state index in [-0.39, 0.29) is 23.1 Å². The molecule has 0 aliphatic rings. The van der Waals surface area contributed by atoms with E-state index in [1.807, 2.05) is 0 Å². The molecule has 2 N–H and O–H groups in total. The van der Waals surface area contributed by atoms with Crippen LogP contribution in [0.4, 0.5) is 28.9 Å². The first-order valence-corrected chi connectivity index (χ1v) is 20.5. The number of alkyl halides is 3. The van der Waals surface area contributed by atoms with Crippen molar-refractivity contribution in [2.75, 3.05) is 17.2 Å². The van der Waals surface area contributed by atoms with Crippen molar-refractivity contribution in [1.29, 1.82) is 0 Å². The topological polar surface area (TPSA) is 36.4 Å². The number of rotatable bonds is 5. The number of hydrogen-bond donors (Lipinski definition) is 2. The summed E-state index contributed by atoms with van der Waals surface area (Å²) in [6.07, 6.45) is 3.47. The van der Waals surface area contributed by atoms with Crippen molar-refractivity contribution in [2.24, 2.45) is 3.15 Å². The Balaban J connectivity index is 0.00000218. The minimum absolute atomic E-state index is 0.182. The predicted octanol–water partition coefficient (Wildman–Crippen LogP) is 7.09. The molecule has 164 valence electrons. The van der Waals surface area contributed by atoms with Gasteiger partial charge in [-0.05, 0) is 0 Å². The van der Waals surface area contributed by atoms with Crippen LogP contribution in [-0.4, -0.2) is 30.1 Å². The van der Waals surface area contributed by atoms with Gasteiger partial charge in [-0.3, -0.25) is 0 Å². The van der Waals surface area contributed by atoms with Gasteiger partial charge in [0.25, 0.3) is 0 Å². The van der Waals surface area contributed by atoms with Crippen LogP contribution in [0.1, 0.15) is 5.56 Å². The first-order chi connectivity index (χ1) is 13.7. The van der Waals surface area contributed by atoms with Gasteiger partial charge >= 0.3 is 169 Å². The standard InChI is InChI=1S/C15H11ClF4N3.C2H2.4CH3.Sb/c16-13-6-5-11(7-12(13)15(18,19)20)22-8-14(21)23-10-3-1-9(17)2-4-10;1-2;;;;;/h1-7,22H,8H2,(H-,21,23);1-2H;4*1H3;/q-1;;;;;;+1. The van der Waals surface area contributed by atoms with Gasteiger partial charge in [-0.2, -0.15) is 0 Å². The van der Waals surface area contributed by atoms with Gasteiger partial charge in [-0.25, -0.2) is 0 Å². The molecule has 2 rings (SSSR count). The minimum atomic E-state index is -4.53. The molecule has 0 bridgehead atoms. The van der Waals surface area contributed by atoms with E-state index >= 15 is 0 Å². The Morgan fingerprint density at radius 1 is 1.00 bits per heavy atom. The maximum atomic E-state index is 13.1. The number of hydrogen-bond acceptors (Lipinski definition) is 2. The van der Waals surface area contributed by atoms with E-state index in [0.29, 0.717) is 11.5 Å². The van der Waals surface area contributed by atoms with Gasteiger partial charge in [0.05, 0.1) is 0 Å². The van der Waals surface area contributed by atoms with Crippen LogP contribution >= 0.6 is 11.6 Å². The van der Waals surface area contributed by atoms with Crippen LogP contribution in [0, 0.1) is 18.7 Å². The molecule has 0 amide bonds. The van der Waals surface area contributed by atoms with E-state index < -0.39 is 29.4 Å². The van der Waals surface area contributed by atoms with Gasteiger partial charge in [0.1, 0.15) is 0 Å². The number of terminal acetylenes is 1. The van der Waals surface area contributed by atoms with Crippen molar-refractivity contribution >= 4 is 46.5 Å². The molecular weight excluding hydrogens is 527 g/mol. The summed E-state index contributed by atoms with van der Waals surface area (Å²) in [4.78, 5) is 8.46. The third-order valence-corrected chi connectivity index (χ3v) is 6.69. The van der Waals surface area contributed by atoms with E-state index in [9.17, 15) is 17.6 Å². The molecule has 0 fully saturated rings. The second-order valence-electron chi connectivity index (χ2n) is 8.21. The molecule has 2 aromatic carbocycles. The van der Waals surface area contributed by atoms with Crippen molar-refractivity contribution in [3.8, 4) is 12.8 Å². The van der Waals surface area contributed by atoms with E-state index in [0.717, 1.165) is 6.07 Å². The Kier molecular flexibility index (Phi) is 8.66. The van der Waals surface area contributed by atoms with Crippen molar-refractivity contribution < 1.29 is 17.6 Å². The third-order valence-electron chi connectivity index (χ3n) is 3.39. The van der Waals surface area contributed by atoms with Gasteiger partial charge in [-0.15, -0.1) is 12.8 Å². The zero-order valence-corrected chi connectivity index (χ0v) is 20.5. The molecule has 30 heavy (non-hydrogen) atoms. The molecule has 3 nitrogen and oxygen atoms in total. The number of nitrogens with zero attached hydrogens (tertiary/aromatic N) is 1. The first kappa shape index (κ1) is 26.1. The summed E-state index contributed by atoms with van der Waals surface area (Å²) in [6.45, 7) is 0.182. The summed E-state index contributed by atoms with van der Waals surface area (Å²) >= 11 is 2.52. The number of halogens is 5. The van der Waals surface area contributed by atoms with Crippen LogP contribution in [0.2, 0.25) is 24.5 Å². The molecule has 0 radical (unpaired) electrons. The third kappa shape index (κ3) is 9.28. The normalized spacial score (nSPS) is 13.4. The van der Waals surface area contributed by atoms with Crippen molar-refractivity contribution in [3.05, 3.63) is 58.9 Å². The summed E-state index contributed by atoms with van der Waals surface area (Å²) < 4.78 is 57.1. The molecule has 0 aliphatic carbocycles. The SMILES string of the molecule is C#C.[CH3][Sb]([CH3])([CH3])([CH3])/[N]=C(\CNc1ccc(Cl)c(C(F)(F)F)c1)Nc1ccc(F)cc1. The Hall–Kier alpha value is -1.90. The van der Waals surface area contributed by atoms with Crippen molar-refractivity contribution in [3.63, 3.8) is 0 Å². The predicted molar refractivity (Wildman–Crippen MR) is 122 cm³/mol. The molecule has 0 heterocycles. The van der Waals surface area contributed by atoms with Crippen LogP contribution in [0.15, 0.2) is 45.6 Å². The number of anilines is 2. The average Bonchev–Trinajstić information content (AvgIpc) is 2.61. The monoisotopic (exact) mass is 551 g/mol. The zero-order valence-electron chi connectivity index (χ0n) is 17.2. The molecule has 0 unspecified atom stereocenters. The molecule has 0 aromatic heterocycles. The molecule has 9 heteroatoms. The van der Waals surface area contributed by atoms with Crippen LogP contribution in [-0.2, 0) is 6.18 Å². The fraction of sp³-hybridized carbons (Fsp3) is 0.286. The van der Waals surface area contributed by atoms with Crippen LogP contribution in [0.5, 0.6) is 0 Å². The molecule has 0 spiro atoms. The molecule has 0 atom stereocenters. The first-order valence-electron chi connectivity index (χ1n) is 8.76. The van der Waals surface area contributed by atoms with Gasteiger partial charge in [0.15, 0.2) is 0 Å². The van der Waals surface area contributed by atoms with Gasteiger partial charge in [0.2, 0.25) is 0 Å². The summed E-state index contributed by atoms with van der Waals surface area (Å²) in [7, 11) is 0. The van der Waals surface area contributed by atoms with Gasteiger partial charge < -0.3 is 0 Å². The van der Waals surface area contributed by atoms with E-state index in [1.165, 1.54) is 24.3 Å². The Labute approximate surface area is 181 Å². The van der Waals surface area contributed by atoms with E-state index in [2.05, 4.69) is 43.0 Å². The number of amidine groups is 1. The Bertz CT molecular complexity index is 905. The van der Waals surface area contributed by atoms with E-state index in [1.54, 1.807) is 12.1 Å². The quantitative estimate of drug-likeness (QED) is 0.137. The molecular formula is C21H25ClF4N3Sb. The summed E-state index contributed by atoms with van der Waals surface area (Å²) in [6, 6.07) is 9.46. The molecule has 0 saturated heterocycles. The fourth-order valence-electron chi connectivity index (χ4n) is 2.33. The van der Waals surface area contributed by atoms with Crippen LogP contribution < -0.4 is 10.6 Å². The zero-order chi connectivity index (χ0) is 23.2. The summed E-state index contributed by atoms with van der Waals surface area (Å²) in [5.41, 5.74) is 0.0240. The Morgan fingerprint density at radius 3 is 2.03 bits per heavy atom. The maximum absolute atomic E-state index is 13.1. The second-order valence-corrected chi connectivity index (χ2v) is 29.1. The van der Waals surface area contributed by atoms with Crippen LogP contribution in [0.3, 0.4) is 0 Å². The van der Waals surface area contributed by atoms with E-state index in [4.69, 9.17) is 14.8 Å². The van der Waals surface area contributed by atoms with Gasteiger partial charge in [-0.1, -0.05) is 0 Å². The Morgan fingerprint density at radius 2 is 1.53 bits per heavy atom. The van der Waals surface area contributed by atoms with Crippen molar-refractivity contribution in [1.82, 2.24) is 0 Å². The fourth-order valence-corrected chi connectivity index (χ4v) is 5.65. The van der Waals surface area contributed by atoms with Gasteiger partial charge in [0, 0.05) is 0 Å². The average molecular weight is 553 g/mol. The van der Waals surface area contributed by atoms with Crippen LogP contribution in [0.25, 0.3) is 0 Å². The molecule has 2 aromatic rings. The van der Waals surface area contributed by atoms with Crippen molar-refractivity contribution in [2.45, 2.75) is 25.7 Å². The summed E-state index contributed by atoms with van der Waals surface area (Å²) in [5.74, 6) is 0.219. The molecule has 0 saturated carbocycles. The summed E-state index contributed by atoms with van der Waals surface area (Å²) in [5, 5.41) is 5.75. The number of nitrogens with one attached hydrogen (secondary N) is 2. The molecule has 0 aliphatic heterocycles.